The molecule has 1 aliphatic rings. The molecule has 1 aliphatic heterocycles. The first-order valence-corrected chi connectivity index (χ1v) is 5.41. The third kappa shape index (κ3) is 2.09. The highest BCUT2D eigenvalue weighted by atomic mass is 35.5. The SMILES string of the molecule is OCc1c(Cl)cccc1N1CCC(O)C1. The van der Waals surface area contributed by atoms with E-state index in [2.05, 4.69) is 4.90 Å². The van der Waals surface area contributed by atoms with E-state index in [1.165, 1.54) is 0 Å². The molecule has 1 atom stereocenters. The maximum Gasteiger partial charge on any atom is 0.0731 e. The van der Waals surface area contributed by atoms with Gasteiger partial charge in [-0.2, -0.15) is 0 Å². The minimum atomic E-state index is -0.268. The lowest BCUT2D eigenvalue weighted by Crippen LogP contribution is -2.22. The van der Waals surface area contributed by atoms with Crippen LogP contribution >= 0.6 is 11.6 Å². The first-order valence-electron chi connectivity index (χ1n) is 5.03. The Morgan fingerprint density at radius 3 is 2.87 bits per heavy atom. The molecule has 1 heterocycles. The molecule has 0 radical (unpaired) electrons. The molecule has 3 nitrogen and oxygen atoms in total. The summed E-state index contributed by atoms with van der Waals surface area (Å²) in [6.45, 7) is 1.36. The van der Waals surface area contributed by atoms with E-state index in [9.17, 15) is 10.2 Å². The minimum Gasteiger partial charge on any atom is -0.392 e. The average Bonchev–Trinajstić information content (AvgIpc) is 2.64. The Bertz CT molecular complexity index is 356. The number of β-amino-alcohol motifs (C(OH)–C–C–N with tert-alkyl or cyclic N) is 1. The quantitative estimate of drug-likeness (QED) is 0.803. The zero-order valence-corrected chi connectivity index (χ0v) is 9.11. The Balaban J connectivity index is 2.31. The number of halogens is 1. The van der Waals surface area contributed by atoms with Gasteiger partial charge < -0.3 is 15.1 Å². The number of anilines is 1. The van der Waals surface area contributed by atoms with Gasteiger partial charge in [-0.25, -0.2) is 0 Å². The Hall–Kier alpha value is -0.770. The van der Waals surface area contributed by atoms with Gasteiger partial charge in [-0.05, 0) is 18.6 Å². The van der Waals surface area contributed by atoms with Crippen LogP contribution in [0.1, 0.15) is 12.0 Å². The van der Waals surface area contributed by atoms with Crippen molar-refractivity contribution in [2.75, 3.05) is 18.0 Å². The van der Waals surface area contributed by atoms with E-state index in [0.717, 1.165) is 24.2 Å². The molecule has 0 spiro atoms. The highest BCUT2D eigenvalue weighted by Gasteiger charge is 2.22. The van der Waals surface area contributed by atoms with E-state index in [4.69, 9.17) is 11.6 Å². The van der Waals surface area contributed by atoms with E-state index in [1.54, 1.807) is 6.07 Å². The number of hydrogen-bond acceptors (Lipinski definition) is 3. The van der Waals surface area contributed by atoms with Crippen LogP contribution in [0.5, 0.6) is 0 Å². The molecule has 1 fully saturated rings. The van der Waals surface area contributed by atoms with E-state index < -0.39 is 0 Å². The number of benzene rings is 1. The molecule has 1 aromatic rings. The lowest BCUT2D eigenvalue weighted by Gasteiger charge is -2.21. The molecule has 1 aromatic carbocycles. The van der Waals surface area contributed by atoms with Crippen LogP contribution in [0.15, 0.2) is 18.2 Å². The van der Waals surface area contributed by atoms with Gasteiger partial charge in [0.05, 0.1) is 12.7 Å². The number of aliphatic hydroxyl groups excluding tert-OH is 2. The molecular weight excluding hydrogens is 214 g/mol. The number of rotatable bonds is 2. The fraction of sp³-hybridized carbons (Fsp3) is 0.455. The van der Waals surface area contributed by atoms with Crippen LogP contribution in [0.3, 0.4) is 0 Å². The summed E-state index contributed by atoms with van der Waals surface area (Å²) in [7, 11) is 0. The zero-order valence-electron chi connectivity index (χ0n) is 8.36. The predicted molar refractivity (Wildman–Crippen MR) is 60.2 cm³/mol. The van der Waals surface area contributed by atoms with Crippen LogP contribution in [0.4, 0.5) is 5.69 Å². The third-order valence-electron chi connectivity index (χ3n) is 2.76. The van der Waals surface area contributed by atoms with Crippen LogP contribution < -0.4 is 4.90 Å². The van der Waals surface area contributed by atoms with Crippen molar-refractivity contribution in [1.82, 2.24) is 0 Å². The summed E-state index contributed by atoms with van der Waals surface area (Å²) < 4.78 is 0. The summed E-state index contributed by atoms with van der Waals surface area (Å²) in [5.41, 5.74) is 1.68. The molecule has 15 heavy (non-hydrogen) atoms. The highest BCUT2D eigenvalue weighted by Crippen LogP contribution is 2.29. The lowest BCUT2D eigenvalue weighted by atomic mass is 10.1. The van der Waals surface area contributed by atoms with Crippen molar-refractivity contribution < 1.29 is 10.2 Å². The van der Waals surface area contributed by atoms with Crippen molar-refractivity contribution in [2.45, 2.75) is 19.1 Å². The highest BCUT2D eigenvalue weighted by molar-refractivity contribution is 6.31. The van der Waals surface area contributed by atoms with E-state index in [1.807, 2.05) is 12.1 Å². The van der Waals surface area contributed by atoms with Crippen molar-refractivity contribution >= 4 is 17.3 Å². The first kappa shape index (κ1) is 10.7. The maximum atomic E-state index is 9.46. The molecule has 0 amide bonds. The lowest BCUT2D eigenvalue weighted by molar-refractivity contribution is 0.198. The van der Waals surface area contributed by atoms with Crippen LogP contribution in [0, 0.1) is 0 Å². The Morgan fingerprint density at radius 1 is 1.47 bits per heavy atom. The summed E-state index contributed by atoms with van der Waals surface area (Å²) in [6, 6.07) is 5.56. The molecular formula is C11H14ClNO2. The number of aliphatic hydroxyl groups is 2. The molecule has 0 aliphatic carbocycles. The van der Waals surface area contributed by atoms with Gasteiger partial charge in [0.25, 0.3) is 0 Å². The molecule has 4 heteroatoms. The summed E-state index contributed by atoms with van der Waals surface area (Å²) in [5.74, 6) is 0. The van der Waals surface area contributed by atoms with Gasteiger partial charge in [0, 0.05) is 29.4 Å². The largest absolute Gasteiger partial charge is 0.392 e. The van der Waals surface area contributed by atoms with Gasteiger partial charge in [0.15, 0.2) is 0 Å². The summed E-state index contributed by atoms with van der Waals surface area (Å²) >= 11 is 6.00. The third-order valence-corrected chi connectivity index (χ3v) is 3.11. The summed E-state index contributed by atoms with van der Waals surface area (Å²) in [5, 5.41) is 19.3. The molecule has 1 saturated heterocycles. The number of hydrogen-bond donors (Lipinski definition) is 2. The van der Waals surface area contributed by atoms with E-state index in [-0.39, 0.29) is 12.7 Å². The second-order valence-electron chi connectivity index (χ2n) is 3.78. The second-order valence-corrected chi connectivity index (χ2v) is 4.19. The van der Waals surface area contributed by atoms with Crippen LogP contribution in [0.25, 0.3) is 0 Å². The van der Waals surface area contributed by atoms with Crippen molar-refractivity contribution in [1.29, 1.82) is 0 Å². The smallest absolute Gasteiger partial charge is 0.0731 e. The topological polar surface area (TPSA) is 43.7 Å². The van der Waals surface area contributed by atoms with Crippen LogP contribution in [-0.4, -0.2) is 29.4 Å². The molecule has 2 rings (SSSR count). The Kier molecular flexibility index (Phi) is 3.14. The zero-order chi connectivity index (χ0) is 10.8. The van der Waals surface area contributed by atoms with Gasteiger partial charge in [-0.1, -0.05) is 17.7 Å². The van der Waals surface area contributed by atoms with E-state index >= 15 is 0 Å². The first-order chi connectivity index (χ1) is 7.22. The second kappa shape index (κ2) is 4.39. The van der Waals surface area contributed by atoms with Gasteiger partial charge in [-0.3, -0.25) is 0 Å². The van der Waals surface area contributed by atoms with Crippen LogP contribution in [-0.2, 0) is 6.61 Å². The molecule has 0 saturated carbocycles. The molecule has 0 bridgehead atoms. The fourth-order valence-corrected chi connectivity index (χ4v) is 2.19. The Morgan fingerprint density at radius 2 is 2.27 bits per heavy atom. The number of nitrogens with zero attached hydrogens (tertiary/aromatic N) is 1. The predicted octanol–water partition coefficient (Wildman–Crippen LogP) is 1.40. The standard InChI is InChI=1S/C11H14ClNO2/c12-10-2-1-3-11(9(10)7-14)13-5-4-8(15)6-13/h1-3,8,14-15H,4-7H2. The maximum absolute atomic E-state index is 9.46. The fourth-order valence-electron chi connectivity index (χ4n) is 1.96. The van der Waals surface area contributed by atoms with Gasteiger partial charge in [0.1, 0.15) is 0 Å². The van der Waals surface area contributed by atoms with Crippen LogP contribution in [0.2, 0.25) is 5.02 Å². The van der Waals surface area contributed by atoms with Gasteiger partial charge >= 0.3 is 0 Å². The van der Waals surface area contributed by atoms with Crippen molar-refractivity contribution in [2.24, 2.45) is 0 Å². The van der Waals surface area contributed by atoms with Crippen molar-refractivity contribution in [3.63, 3.8) is 0 Å². The Labute approximate surface area is 93.9 Å². The minimum absolute atomic E-state index is 0.0679. The summed E-state index contributed by atoms with van der Waals surface area (Å²) in [6.07, 6.45) is 0.507. The average molecular weight is 228 g/mol. The molecule has 0 aromatic heterocycles. The molecule has 2 N–H and O–H groups in total. The van der Waals surface area contributed by atoms with Crippen molar-refractivity contribution in [3.8, 4) is 0 Å². The molecule has 82 valence electrons. The molecule has 1 unspecified atom stereocenters. The monoisotopic (exact) mass is 227 g/mol. The normalized spacial score (nSPS) is 21.0. The van der Waals surface area contributed by atoms with Crippen molar-refractivity contribution in [3.05, 3.63) is 28.8 Å². The van der Waals surface area contributed by atoms with Gasteiger partial charge in [-0.15, -0.1) is 0 Å². The van der Waals surface area contributed by atoms with E-state index in [0.29, 0.717) is 11.6 Å². The van der Waals surface area contributed by atoms with Gasteiger partial charge in [0.2, 0.25) is 0 Å². The summed E-state index contributed by atoms with van der Waals surface area (Å²) in [4.78, 5) is 2.06.